The van der Waals surface area contributed by atoms with Crippen LogP contribution < -0.4 is 20.5 Å². The number of nitrogens with zero attached hydrogens (tertiary/aromatic N) is 1. The first kappa shape index (κ1) is 20.1. The highest BCUT2D eigenvalue weighted by Gasteiger charge is 2.11. The van der Waals surface area contributed by atoms with Gasteiger partial charge in [-0.25, -0.2) is 4.98 Å². The molecule has 0 aliphatic rings. The lowest BCUT2D eigenvalue weighted by Crippen LogP contribution is -2.24. The van der Waals surface area contributed by atoms with Gasteiger partial charge in [-0.3, -0.25) is 4.79 Å². The summed E-state index contributed by atoms with van der Waals surface area (Å²) in [6, 6.07) is 17.2. The summed E-state index contributed by atoms with van der Waals surface area (Å²) in [5.74, 6) is 0.904. The second kappa shape index (κ2) is 9.54. The molecule has 1 aromatic heterocycles. The number of hydrogen-bond acceptors (Lipinski definition) is 5. The Morgan fingerprint density at radius 2 is 1.62 bits per heavy atom. The summed E-state index contributed by atoms with van der Waals surface area (Å²) >= 11 is 0. The van der Waals surface area contributed by atoms with E-state index in [1.54, 1.807) is 0 Å². The van der Waals surface area contributed by atoms with Crippen LogP contribution in [0, 0.1) is 5.95 Å². The van der Waals surface area contributed by atoms with Crippen LogP contribution in [0.2, 0.25) is 0 Å². The zero-order chi connectivity index (χ0) is 20.6. The Hall–Kier alpha value is -3.61. The van der Waals surface area contributed by atoms with Gasteiger partial charge in [-0.2, -0.15) is 4.39 Å². The van der Waals surface area contributed by atoms with Crippen molar-refractivity contribution in [3.63, 3.8) is 0 Å². The van der Waals surface area contributed by atoms with Gasteiger partial charge in [-0.15, -0.1) is 0 Å². The zero-order valence-corrected chi connectivity index (χ0v) is 16.0. The molecule has 0 fully saturated rings. The predicted molar refractivity (Wildman–Crippen MR) is 109 cm³/mol. The lowest BCUT2D eigenvalue weighted by atomic mass is 10.2. The Kier molecular flexibility index (Phi) is 6.63. The standard InChI is InChI=1S/C22H22FN3O3/c1-2-13-28-16-7-9-18(10-8-16)29-17-5-3-15(4-6-17)14-25-22(27)19-11-12-20(23)26-21(19)24/h3-12H,2,13-14H2,1H3,(H2,24,26)(H,25,27). The lowest BCUT2D eigenvalue weighted by molar-refractivity contribution is 0.0951. The minimum atomic E-state index is -0.724. The molecule has 29 heavy (non-hydrogen) atoms. The molecule has 0 atom stereocenters. The summed E-state index contributed by atoms with van der Waals surface area (Å²) in [4.78, 5) is 15.6. The summed E-state index contributed by atoms with van der Waals surface area (Å²) in [5.41, 5.74) is 6.60. The molecule has 2 aromatic carbocycles. The van der Waals surface area contributed by atoms with E-state index in [4.69, 9.17) is 15.2 Å². The van der Waals surface area contributed by atoms with E-state index in [0.29, 0.717) is 24.7 Å². The first-order valence-corrected chi connectivity index (χ1v) is 9.25. The molecule has 1 heterocycles. The van der Waals surface area contributed by atoms with Crippen molar-refractivity contribution in [3.8, 4) is 17.2 Å². The molecule has 3 aromatic rings. The van der Waals surface area contributed by atoms with Crippen LogP contribution in [-0.4, -0.2) is 17.5 Å². The van der Waals surface area contributed by atoms with Crippen molar-refractivity contribution < 1.29 is 18.7 Å². The fourth-order valence-electron chi connectivity index (χ4n) is 2.55. The van der Waals surface area contributed by atoms with Gasteiger partial charge in [-0.1, -0.05) is 19.1 Å². The number of anilines is 1. The van der Waals surface area contributed by atoms with E-state index in [1.807, 2.05) is 48.5 Å². The van der Waals surface area contributed by atoms with E-state index in [1.165, 1.54) is 6.07 Å². The number of carbonyl (C=O) groups excluding carboxylic acids is 1. The van der Waals surface area contributed by atoms with Gasteiger partial charge in [0.1, 0.15) is 23.1 Å². The fraction of sp³-hybridized carbons (Fsp3) is 0.182. The van der Waals surface area contributed by atoms with Crippen LogP contribution in [-0.2, 0) is 6.54 Å². The third-order valence-corrected chi connectivity index (χ3v) is 4.04. The fourth-order valence-corrected chi connectivity index (χ4v) is 2.55. The molecule has 7 heteroatoms. The van der Waals surface area contributed by atoms with E-state index < -0.39 is 11.9 Å². The first-order valence-electron chi connectivity index (χ1n) is 9.25. The van der Waals surface area contributed by atoms with Crippen molar-refractivity contribution in [2.45, 2.75) is 19.9 Å². The molecule has 0 saturated carbocycles. The second-order valence-electron chi connectivity index (χ2n) is 6.32. The molecule has 3 N–H and O–H groups in total. The highest BCUT2D eigenvalue weighted by atomic mass is 19.1. The Morgan fingerprint density at radius 1 is 1.00 bits per heavy atom. The molecule has 1 amide bonds. The van der Waals surface area contributed by atoms with Crippen molar-refractivity contribution in [1.82, 2.24) is 10.3 Å². The number of nitrogens with two attached hydrogens (primary N) is 1. The number of benzene rings is 2. The molecular weight excluding hydrogens is 373 g/mol. The number of carbonyl (C=O) groups is 1. The summed E-state index contributed by atoms with van der Waals surface area (Å²) in [6.45, 7) is 3.03. The Bertz CT molecular complexity index is 960. The number of aromatic nitrogens is 1. The van der Waals surface area contributed by atoms with Crippen LogP contribution in [0.4, 0.5) is 10.2 Å². The number of halogens is 1. The van der Waals surface area contributed by atoms with Gasteiger partial charge in [-0.05, 0) is 60.5 Å². The van der Waals surface area contributed by atoms with Crippen LogP contribution in [0.25, 0.3) is 0 Å². The maximum atomic E-state index is 13.0. The molecule has 0 unspecified atom stereocenters. The lowest BCUT2D eigenvalue weighted by Gasteiger charge is -2.10. The molecular formula is C22H22FN3O3. The molecule has 6 nitrogen and oxygen atoms in total. The largest absolute Gasteiger partial charge is 0.494 e. The average Bonchev–Trinajstić information content (AvgIpc) is 2.72. The van der Waals surface area contributed by atoms with Crippen LogP contribution in [0.5, 0.6) is 17.2 Å². The van der Waals surface area contributed by atoms with Gasteiger partial charge in [0, 0.05) is 6.54 Å². The topological polar surface area (TPSA) is 86.5 Å². The second-order valence-corrected chi connectivity index (χ2v) is 6.32. The highest BCUT2D eigenvalue weighted by molar-refractivity contribution is 5.98. The number of nitrogen functional groups attached to an aromatic ring is 1. The number of amides is 1. The Morgan fingerprint density at radius 3 is 2.24 bits per heavy atom. The van der Waals surface area contributed by atoms with Crippen molar-refractivity contribution in [1.29, 1.82) is 0 Å². The minimum absolute atomic E-state index is 0.137. The monoisotopic (exact) mass is 395 g/mol. The molecule has 150 valence electrons. The summed E-state index contributed by atoms with van der Waals surface area (Å²) in [5, 5.41) is 2.73. The molecule has 0 bridgehead atoms. The van der Waals surface area contributed by atoms with Gasteiger partial charge in [0.15, 0.2) is 0 Å². The maximum Gasteiger partial charge on any atom is 0.255 e. The molecule has 0 radical (unpaired) electrons. The number of hydrogen-bond donors (Lipinski definition) is 2. The quantitative estimate of drug-likeness (QED) is 0.555. The zero-order valence-electron chi connectivity index (χ0n) is 16.0. The van der Waals surface area contributed by atoms with Crippen LogP contribution >= 0.6 is 0 Å². The van der Waals surface area contributed by atoms with Gasteiger partial charge in [0.05, 0.1) is 12.2 Å². The van der Waals surface area contributed by atoms with E-state index >= 15 is 0 Å². The van der Waals surface area contributed by atoms with E-state index in [-0.39, 0.29) is 11.4 Å². The smallest absolute Gasteiger partial charge is 0.255 e. The number of ether oxygens (including phenoxy) is 2. The van der Waals surface area contributed by atoms with Gasteiger partial charge < -0.3 is 20.5 Å². The molecule has 0 aliphatic heterocycles. The molecule has 0 saturated heterocycles. The molecule has 0 spiro atoms. The normalized spacial score (nSPS) is 10.4. The van der Waals surface area contributed by atoms with Crippen molar-refractivity contribution in [3.05, 3.63) is 77.7 Å². The van der Waals surface area contributed by atoms with Gasteiger partial charge in [0.2, 0.25) is 5.95 Å². The Labute approximate surface area is 168 Å². The third-order valence-electron chi connectivity index (χ3n) is 4.04. The Balaban J connectivity index is 1.54. The van der Waals surface area contributed by atoms with E-state index in [0.717, 1.165) is 23.8 Å². The number of nitrogens with one attached hydrogen (secondary N) is 1. The first-order chi connectivity index (χ1) is 14.0. The van der Waals surface area contributed by atoms with Crippen LogP contribution in [0.1, 0.15) is 29.3 Å². The van der Waals surface area contributed by atoms with Crippen LogP contribution in [0.3, 0.4) is 0 Å². The van der Waals surface area contributed by atoms with Crippen molar-refractivity contribution in [2.24, 2.45) is 0 Å². The molecule has 3 rings (SSSR count). The average molecular weight is 395 g/mol. The van der Waals surface area contributed by atoms with E-state index in [9.17, 15) is 9.18 Å². The number of pyridine rings is 1. The van der Waals surface area contributed by atoms with E-state index in [2.05, 4.69) is 17.2 Å². The van der Waals surface area contributed by atoms with Crippen molar-refractivity contribution >= 4 is 11.7 Å². The summed E-state index contributed by atoms with van der Waals surface area (Å²) < 4.78 is 24.3. The predicted octanol–water partition coefficient (Wildman–Crippen LogP) is 4.31. The minimum Gasteiger partial charge on any atom is -0.494 e. The van der Waals surface area contributed by atoms with Gasteiger partial charge in [0.25, 0.3) is 5.91 Å². The van der Waals surface area contributed by atoms with Crippen LogP contribution in [0.15, 0.2) is 60.7 Å². The third kappa shape index (κ3) is 5.68. The summed E-state index contributed by atoms with van der Waals surface area (Å²) in [6.07, 6.45) is 0.958. The maximum absolute atomic E-state index is 13.0. The SMILES string of the molecule is CCCOc1ccc(Oc2ccc(CNC(=O)c3ccc(F)nc3N)cc2)cc1. The van der Waals surface area contributed by atoms with Crippen molar-refractivity contribution in [2.75, 3.05) is 12.3 Å². The highest BCUT2D eigenvalue weighted by Crippen LogP contribution is 2.24. The van der Waals surface area contributed by atoms with Gasteiger partial charge >= 0.3 is 0 Å². The number of rotatable bonds is 8. The molecule has 0 aliphatic carbocycles. The summed E-state index contributed by atoms with van der Waals surface area (Å²) in [7, 11) is 0.